The van der Waals surface area contributed by atoms with Gasteiger partial charge in [0.25, 0.3) is 0 Å². The third-order valence-electron chi connectivity index (χ3n) is 1.50. The molecule has 1 heterocycles. The summed E-state index contributed by atoms with van der Waals surface area (Å²) >= 11 is 1.54. The molecule has 1 aromatic heterocycles. The molecule has 0 N–H and O–H groups in total. The maximum atomic E-state index is 8.14. The van der Waals surface area contributed by atoms with Crippen molar-refractivity contribution in [3.8, 4) is 0 Å². The summed E-state index contributed by atoms with van der Waals surface area (Å²) in [6.07, 6.45) is 0. The zero-order valence-corrected chi connectivity index (χ0v) is 7.88. The highest BCUT2D eigenvalue weighted by Crippen LogP contribution is 2.22. The Bertz CT molecular complexity index is 298. The maximum Gasteiger partial charge on any atom is 0.0797 e. The Kier molecular flexibility index (Phi) is 3.08. The zero-order valence-electron chi connectivity index (χ0n) is 7.06. The van der Waals surface area contributed by atoms with Crippen LogP contribution in [0, 0.1) is 0 Å². The number of thiazole rings is 1. The molecular formula is C7H10N4S. The Morgan fingerprint density at radius 1 is 1.75 bits per heavy atom. The van der Waals surface area contributed by atoms with Crippen molar-refractivity contribution in [2.24, 2.45) is 5.11 Å². The molecule has 64 valence electrons. The third kappa shape index (κ3) is 1.96. The molecule has 0 atom stereocenters. The number of hydrogen-bond acceptors (Lipinski definition) is 3. The van der Waals surface area contributed by atoms with E-state index in [-0.39, 0.29) is 0 Å². The molecule has 0 fully saturated rings. The van der Waals surface area contributed by atoms with Crippen LogP contribution in [0.5, 0.6) is 0 Å². The van der Waals surface area contributed by atoms with Crippen LogP contribution in [0.2, 0.25) is 0 Å². The first-order chi connectivity index (χ1) is 5.75. The van der Waals surface area contributed by atoms with Gasteiger partial charge in [-0.15, -0.1) is 11.3 Å². The second-order valence-corrected chi connectivity index (χ2v) is 3.64. The topological polar surface area (TPSA) is 61.7 Å². The van der Waals surface area contributed by atoms with Gasteiger partial charge in [-0.3, -0.25) is 0 Å². The fourth-order valence-corrected chi connectivity index (χ4v) is 1.80. The van der Waals surface area contributed by atoms with Crippen molar-refractivity contribution in [3.05, 3.63) is 26.5 Å². The summed E-state index contributed by atoms with van der Waals surface area (Å²) in [6, 6.07) is 0. The summed E-state index contributed by atoms with van der Waals surface area (Å²) in [5.41, 5.74) is 11.0. The quantitative estimate of drug-likeness (QED) is 0.402. The van der Waals surface area contributed by atoms with E-state index in [0.717, 1.165) is 10.6 Å². The van der Waals surface area contributed by atoms with Gasteiger partial charge in [-0.2, -0.15) is 0 Å². The molecule has 0 radical (unpaired) electrons. The molecule has 4 nitrogen and oxygen atoms in total. The van der Waals surface area contributed by atoms with Gasteiger partial charge in [-0.25, -0.2) is 4.98 Å². The van der Waals surface area contributed by atoms with Crippen molar-refractivity contribution in [1.29, 1.82) is 0 Å². The maximum absolute atomic E-state index is 8.14. The molecule has 0 unspecified atom stereocenters. The fourth-order valence-electron chi connectivity index (χ4n) is 0.964. The fraction of sp³-hybridized carbons (Fsp3) is 0.571. The van der Waals surface area contributed by atoms with E-state index in [1.807, 2.05) is 0 Å². The van der Waals surface area contributed by atoms with Gasteiger partial charge in [-0.1, -0.05) is 19.0 Å². The van der Waals surface area contributed by atoms with Crippen molar-refractivity contribution in [2.45, 2.75) is 26.3 Å². The van der Waals surface area contributed by atoms with Crippen LogP contribution >= 0.6 is 11.3 Å². The summed E-state index contributed by atoms with van der Waals surface area (Å²) < 4.78 is 0. The highest BCUT2D eigenvalue weighted by molar-refractivity contribution is 7.09. The molecule has 0 aliphatic heterocycles. The molecule has 0 saturated carbocycles. The minimum Gasteiger partial charge on any atom is -0.249 e. The Balaban J connectivity index is 2.83. The van der Waals surface area contributed by atoms with Crippen LogP contribution in [0.1, 0.15) is 30.3 Å². The summed E-state index contributed by atoms with van der Waals surface area (Å²) in [4.78, 5) is 7.99. The average Bonchev–Trinajstić information content (AvgIpc) is 2.48. The zero-order chi connectivity index (χ0) is 8.97. The van der Waals surface area contributed by atoms with E-state index in [9.17, 15) is 0 Å². The standard InChI is InChI=1S/C7H10N4S/c1-5(2)7-6(3-10-11-8)12-4-9-7/h4-5H,3H2,1-2H3. The average molecular weight is 182 g/mol. The minimum absolute atomic E-state index is 0.403. The van der Waals surface area contributed by atoms with E-state index in [1.54, 1.807) is 16.8 Å². The van der Waals surface area contributed by atoms with Gasteiger partial charge in [0.2, 0.25) is 0 Å². The lowest BCUT2D eigenvalue weighted by molar-refractivity contribution is 0.812. The molecule has 0 spiro atoms. The lowest BCUT2D eigenvalue weighted by Crippen LogP contribution is -1.91. The number of azide groups is 1. The molecule has 1 rings (SSSR count). The first-order valence-electron chi connectivity index (χ1n) is 3.68. The number of nitrogens with zero attached hydrogens (tertiary/aromatic N) is 4. The van der Waals surface area contributed by atoms with Gasteiger partial charge >= 0.3 is 0 Å². The van der Waals surface area contributed by atoms with E-state index in [4.69, 9.17) is 5.53 Å². The Labute approximate surface area is 74.9 Å². The van der Waals surface area contributed by atoms with Crippen LogP contribution < -0.4 is 0 Å². The van der Waals surface area contributed by atoms with E-state index in [0.29, 0.717) is 12.5 Å². The lowest BCUT2D eigenvalue weighted by Gasteiger charge is -2.01. The molecule has 0 saturated heterocycles. The molecular weight excluding hydrogens is 172 g/mol. The predicted octanol–water partition coefficient (Wildman–Crippen LogP) is 3.08. The number of hydrogen-bond donors (Lipinski definition) is 0. The smallest absolute Gasteiger partial charge is 0.0797 e. The SMILES string of the molecule is CC(C)c1ncsc1CN=[N+]=[N-]. The lowest BCUT2D eigenvalue weighted by atomic mass is 10.1. The molecule has 0 aliphatic rings. The van der Waals surface area contributed by atoms with Crippen LogP contribution in [0.25, 0.3) is 10.4 Å². The van der Waals surface area contributed by atoms with Crippen LogP contribution in [0.15, 0.2) is 10.6 Å². The van der Waals surface area contributed by atoms with Gasteiger partial charge < -0.3 is 0 Å². The first-order valence-corrected chi connectivity index (χ1v) is 4.56. The van der Waals surface area contributed by atoms with Crippen molar-refractivity contribution in [3.63, 3.8) is 0 Å². The van der Waals surface area contributed by atoms with E-state index in [1.165, 1.54) is 0 Å². The summed E-state index contributed by atoms with van der Waals surface area (Å²) in [6.45, 7) is 4.58. The van der Waals surface area contributed by atoms with E-state index in [2.05, 4.69) is 28.9 Å². The molecule has 12 heavy (non-hydrogen) atoms. The Morgan fingerprint density at radius 2 is 2.50 bits per heavy atom. The van der Waals surface area contributed by atoms with Crippen LogP contribution in [0.3, 0.4) is 0 Å². The van der Waals surface area contributed by atoms with Crippen molar-refractivity contribution < 1.29 is 0 Å². The Hall–Kier alpha value is -1.06. The normalized spacial score (nSPS) is 9.92. The van der Waals surface area contributed by atoms with Crippen LogP contribution in [0.4, 0.5) is 0 Å². The van der Waals surface area contributed by atoms with Gasteiger partial charge in [0.15, 0.2) is 0 Å². The largest absolute Gasteiger partial charge is 0.249 e. The molecule has 0 aliphatic carbocycles. The second-order valence-electron chi connectivity index (χ2n) is 2.70. The number of rotatable bonds is 3. The first kappa shape index (κ1) is 9.03. The summed E-state index contributed by atoms with van der Waals surface area (Å²) in [5, 5.41) is 3.51. The Morgan fingerprint density at radius 3 is 3.08 bits per heavy atom. The van der Waals surface area contributed by atoms with Gasteiger partial charge in [0.05, 0.1) is 17.7 Å². The highest BCUT2D eigenvalue weighted by atomic mass is 32.1. The van der Waals surface area contributed by atoms with Crippen LogP contribution in [-0.4, -0.2) is 4.98 Å². The van der Waals surface area contributed by atoms with Gasteiger partial charge in [-0.05, 0) is 11.4 Å². The van der Waals surface area contributed by atoms with Crippen LogP contribution in [-0.2, 0) is 6.54 Å². The van der Waals surface area contributed by atoms with Gasteiger partial charge in [0.1, 0.15) is 0 Å². The summed E-state index contributed by atoms with van der Waals surface area (Å²) in [5.74, 6) is 0.403. The molecule has 0 bridgehead atoms. The molecule has 0 amide bonds. The van der Waals surface area contributed by atoms with E-state index >= 15 is 0 Å². The molecule has 5 heteroatoms. The van der Waals surface area contributed by atoms with E-state index < -0.39 is 0 Å². The monoisotopic (exact) mass is 182 g/mol. The van der Waals surface area contributed by atoms with Gasteiger partial charge in [0, 0.05) is 9.79 Å². The van der Waals surface area contributed by atoms with Crippen molar-refractivity contribution >= 4 is 11.3 Å². The summed E-state index contributed by atoms with van der Waals surface area (Å²) in [7, 11) is 0. The second kappa shape index (κ2) is 4.09. The molecule has 0 aromatic carbocycles. The third-order valence-corrected chi connectivity index (χ3v) is 2.33. The molecule has 1 aromatic rings. The minimum atomic E-state index is 0.403. The predicted molar refractivity (Wildman–Crippen MR) is 49.1 cm³/mol. The van der Waals surface area contributed by atoms with Crippen molar-refractivity contribution in [1.82, 2.24) is 4.98 Å². The van der Waals surface area contributed by atoms with Crippen molar-refractivity contribution in [2.75, 3.05) is 0 Å². The highest BCUT2D eigenvalue weighted by Gasteiger charge is 2.07. The number of aromatic nitrogens is 1.